The first kappa shape index (κ1) is 27.7. The third kappa shape index (κ3) is 5.01. The van der Waals surface area contributed by atoms with Crippen LogP contribution in [0.25, 0.3) is 11.1 Å². The first-order valence-electron chi connectivity index (χ1n) is 11.4. The lowest BCUT2D eigenvalue weighted by atomic mass is 9.85. The van der Waals surface area contributed by atoms with Crippen LogP contribution in [0.1, 0.15) is 89.4 Å². The Balaban J connectivity index is 0.00000256. The van der Waals surface area contributed by atoms with E-state index in [0.717, 1.165) is 6.42 Å². The zero-order valence-corrected chi connectivity index (χ0v) is 20.5. The summed E-state index contributed by atoms with van der Waals surface area (Å²) in [5.74, 6) is 0. The zero-order valence-electron chi connectivity index (χ0n) is 20.5. The molecule has 0 amide bonds. The van der Waals surface area contributed by atoms with Gasteiger partial charge in [0, 0.05) is 0 Å². The van der Waals surface area contributed by atoms with Crippen molar-refractivity contribution in [1.82, 2.24) is 0 Å². The van der Waals surface area contributed by atoms with Crippen molar-refractivity contribution in [3.8, 4) is 11.1 Å². The fraction of sp³-hybridized carbons (Fsp3) is 0.438. The van der Waals surface area contributed by atoms with E-state index >= 15 is 0 Å². The minimum atomic E-state index is 0. The van der Waals surface area contributed by atoms with Gasteiger partial charge in [0.15, 0.2) is 0 Å². The molecule has 0 N–H and O–H groups in total. The maximum Gasteiger partial charge on any atom is -0.00202 e. The minimum Gasteiger partial charge on any atom is -0.0776 e. The second-order valence-corrected chi connectivity index (χ2v) is 9.20. The predicted molar refractivity (Wildman–Crippen MR) is 146 cm³/mol. The summed E-state index contributed by atoms with van der Waals surface area (Å²) in [6.45, 7) is 20.4. The smallest absolute Gasteiger partial charge is 0.00202 e. The third-order valence-corrected chi connectivity index (χ3v) is 7.58. The highest BCUT2D eigenvalue weighted by molar-refractivity contribution is 5.74. The van der Waals surface area contributed by atoms with Gasteiger partial charge in [0.1, 0.15) is 0 Å². The molecule has 0 heterocycles. The van der Waals surface area contributed by atoms with Crippen molar-refractivity contribution in [2.75, 3.05) is 0 Å². The molecule has 0 aromatic heterocycles. The standard InChI is InChI=1S/C30H38.2CH4/c1-10-11-26-12-14-29(24(8)22(26)6)30-15-13-27(23(7)25(30)9)17-28-16-18(2)19(3)20(4)21(28)5;;/h12-16H,10-11,17H2,1-9H3;2*1H4. The van der Waals surface area contributed by atoms with Crippen molar-refractivity contribution in [3.63, 3.8) is 0 Å². The van der Waals surface area contributed by atoms with Crippen LogP contribution in [0.15, 0.2) is 30.3 Å². The van der Waals surface area contributed by atoms with Gasteiger partial charge in [0.25, 0.3) is 0 Å². The number of benzene rings is 3. The van der Waals surface area contributed by atoms with Gasteiger partial charge in [-0.1, -0.05) is 58.5 Å². The first-order chi connectivity index (χ1) is 14.2. The number of hydrogen-bond donors (Lipinski definition) is 0. The molecule has 3 aromatic rings. The highest BCUT2D eigenvalue weighted by Gasteiger charge is 2.14. The van der Waals surface area contributed by atoms with Crippen molar-refractivity contribution >= 4 is 0 Å². The molecule has 32 heavy (non-hydrogen) atoms. The van der Waals surface area contributed by atoms with Crippen molar-refractivity contribution in [1.29, 1.82) is 0 Å². The molecule has 0 atom stereocenters. The van der Waals surface area contributed by atoms with Gasteiger partial charge in [0.2, 0.25) is 0 Å². The maximum atomic E-state index is 2.39. The lowest BCUT2D eigenvalue weighted by molar-refractivity contribution is 0.910. The average Bonchev–Trinajstić information content (AvgIpc) is 2.72. The van der Waals surface area contributed by atoms with Crippen LogP contribution in [0.2, 0.25) is 0 Å². The molecule has 0 unspecified atom stereocenters. The van der Waals surface area contributed by atoms with Gasteiger partial charge in [-0.2, -0.15) is 0 Å². The van der Waals surface area contributed by atoms with E-state index in [1.54, 1.807) is 0 Å². The molecule has 0 aliphatic rings. The van der Waals surface area contributed by atoms with Gasteiger partial charge >= 0.3 is 0 Å². The van der Waals surface area contributed by atoms with E-state index in [4.69, 9.17) is 0 Å². The van der Waals surface area contributed by atoms with Gasteiger partial charge in [-0.25, -0.2) is 0 Å². The summed E-state index contributed by atoms with van der Waals surface area (Å²) in [6.07, 6.45) is 3.37. The van der Waals surface area contributed by atoms with E-state index in [2.05, 4.69) is 92.6 Å². The Morgan fingerprint density at radius 1 is 0.500 bits per heavy atom. The molecule has 3 rings (SSSR count). The largest absolute Gasteiger partial charge is 0.0776 e. The molecule has 0 fully saturated rings. The van der Waals surface area contributed by atoms with Crippen molar-refractivity contribution in [2.45, 2.75) is 96.4 Å². The quantitative estimate of drug-likeness (QED) is 0.378. The van der Waals surface area contributed by atoms with Crippen LogP contribution >= 0.6 is 0 Å². The maximum absolute atomic E-state index is 2.39. The van der Waals surface area contributed by atoms with Crippen LogP contribution in [0.3, 0.4) is 0 Å². The fourth-order valence-electron chi connectivity index (χ4n) is 4.75. The monoisotopic (exact) mass is 430 g/mol. The van der Waals surface area contributed by atoms with Crippen LogP contribution in [0.5, 0.6) is 0 Å². The molecule has 0 spiro atoms. The van der Waals surface area contributed by atoms with Crippen molar-refractivity contribution in [2.24, 2.45) is 0 Å². The van der Waals surface area contributed by atoms with E-state index in [-0.39, 0.29) is 14.9 Å². The lowest BCUT2D eigenvalue weighted by Crippen LogP contribution is -2.02. The van der Waals surface area contributed by atoms with Gasteiger partial charge in [-0.05, 0) is 141 Å². The molecule has 0 aliphatic heterocycles. The van der Waals surface area contributed by atoms with Crippen LogP contribution in [-0.2, 0) is 12.8 Å². The second kappa shape index (κ2) is 11.0. The Morgan fingerprint density at radius 2 is 0.969 bits per heavy atom. The third-order valence-electron chi connectivity index (χ3n) is 7.58. The average molecular weight is 431 g/mol. The number of hydrogen-bond acceptors (Lipinski definition) is 0. The minimum absolute atomic E-state index is 0. The van der Waals surface area contributed by atoms with Gasteiger partial charge in [-0.15, -0.1) is 0 Å². The highest BCUT2D eigenvalue weighted by Crippen LogP contribution is 2.34. The topological polar surface area (TPSA) is 0 Å². The Bertz CT molecular complexity index is 1100. The predicted octanol–water partition coefficient (Wildman–Crippen LogP) is 9.64. The van der Waals surface area contributed by atoms with Crippen LogP contribution in [-0.4, -0.2) is 0 Å². The van der Waals surface area contributed by atoms with E-state index in [9.17, 15) is 0 Å². The number of rotatable bonds is 5. The molecular weight excluding hydrogens is 384 g/mol. The summed E-state index contributed by atoms with van der Waals surface area (Å²) in [7, 11) is 0. The molecule has 0 heteroatoms. The molecule has 0 saturated heterocycles. The molecule has 174 valence electrons. The van der Waals surface area contributed by atoms with Gasteiger partial charge in [-0.3, -0.25) is 0 Å². The lowest BCUT2D eigenvalue weighted by Gasteiger charge is -2.19. The summed E-state index contributed by atoms with van der Waals surface area (Å²) in [6, 6.07) is 11.8. The van der Waals surface area contributed by atoms with Crippen molar-refractivity contribution < 1.29 is 0 Å². The van der Waals surface area contributed by atoms with Gasteiger partial charge in [0.05, 0.1) is 0 Å². The summed E-state index contributed by atoms with van der Waals surface area (Å²) >= 11 is 0. The summed E-state index contributed by atoms with van der Waals surface area (Å²) in [4.78, 5) is 0. The molecule has 0 radical (unpaired) electrons. The Kier molecular flexibility index (Phi) is 9.51. The second-order valence-electron chi connectivity index (χ2n) is 9.20. The summed E-state index contributed by atoms with van der Waals surface area (Å²) in [5, 5.41) is 0. The molecule has 0 nitrogen and oxygen atoms in total. The van der Waals surface area contributed by atoms with E-state index in [0.29, 0.717) is 0 Å². The van der Waals surface area contributed by atoms with E-state index < -0.39 is 0 Å². The van der Waals surface area contributed by atoms with Crippen molar-refractivity contribution in [3.05, 3.63) is 91.5 Å². The SMILES string of the molecule is C.C.CCCc1ccc(-c2ccc(Cc3cc(C)c(C)c(C)c3C)c(C)c2C)c(C)c1C. The molecule has 0 bridgehead atoms. The zero-order chi connectivity index (χ0) is 22.2. The normalized spacial score (nSPS) is 10.5. The molecule has 0 aliphatic carbocycles. The molecule has 0 saturated carbocycles. The van der Waals surface area contributed by atoms with Gasteiger partial charge < -0.3 is 0 Å². The number of aryl methyl sites for hydroxylation is 2. The Hall–Kier alpha value is -2.34. The fourth-order valence-corrected chi connectivity index (χ4v) is 4.75. The van der Waals surface area contributed by atoms with Crippen LogP contribution in [0.4, 0.5) is 0 Å². The summed E-state index contributed by atoms with van der Waals surface area (Å²) in [5.41, 5.74) is 18.6. The Morgan fingerprint density at radius 3 is 1.50 bits per heavy atom. The Labute approximate surface area is 199 Å². The van der Waals surface area contributed by atoms with E-state index in [1.807, 2.05) is 0 Å². The van der Waals surface area contributed by atoms with Crippen LogP contribution < -0.4 is 0 Å². The highest BCUT2D eigenvalue weighted by atomic mass is 14.2. The first-order valence-corrected chi connectivity index (χ1v) is 11.4. The molecule has 3 aromatic carbocycles. The molecular formula is C32H46. The van der Waals surface area contributed by atoms with Crippen LogP contribution in [0, 0.1) is 55.4 Å². The summed E-state index contributed by atoms with van der Waals surface area (Å²) < 4.78 is 0. The van der Waals surface area contributed by atoms with E-state index in [1.165, 1.54) is 85.2 Å².